The highest BCUT2D eigenvalue weighted by Crippen LogP contribution is 2.28. The monoisotopic (exact) mass is 334 g/mol. The van der Waals surface area contributed by atoms with Gasteiger partial charge in [0.15, 0.2) is 0 Å². The minimum absolute atomic E-state index is 0.146. The maximum atomic E-state index is 12.6. The molecule has 1 amide bonds. The van der Waals surface area contributed by atoms with E-state index in [0.717, 1.165) is 38.2 Å². The standard InChI is InChI=1S/C17H26N4OS/c1-23-15-5-3-2-4-14(15)20-17(22)13-6-10-21(11-7-13)16-12-18-8-9-19-16/h8-9,12-15H,2-7,10-11H2,1H3,(H,20,22)/t14-,15-/m1/s1. The molecular weight excluding hydrogens is 308 g/mol. The van der Waals surface area contributed by atoms with Gasteiger partial charge in [-0.2, -0.15) is 11.8 Å². The van der Waals surface area contributed by atoms with Crippen molar-refractivity contribution in [2.75, 3.05) is 24.2 Å². The van der Waals surface area contributed by atoms with Crippen LogP contribution in [0.25, 0.3) is 0 Å². The SMILES string of the molecule is CS[C@@H]1CCCC[C@H]1NC(=O)C1CCN(c2cnccn2)CC1. The molecule has 126 valence electrons. The lowest BCUT2D eigenvalue weighted by atomic mass is 9.92. The summed E-state index contributed by atoms with van der Waals surface area (Å²) in [6, 6.07) is 0.365. The molecule has 5 nitrogen and oxygen atoms in total. The van der Waals surface area contributed by atoms with Gasteiger partial charge in [0, 0.05) is 42.7 Å². The second-order valence-corrected chi connectivity index (χ2v) is 7.58. The lowest BCUT2D eigenvalue weighted by Crippen LogP contribution is -2.48. The van der Waals surface area contributed by atoms with Crippen LogP contribution in [0.3, 0.4) is 0 Å². The predicted molar refractivity (Wildman–Crippen MR) is 94.7 cm³/mol. The highest BCUT2D eigenvalue weighted by Gasteiger charge is 2.30. The average molecular weight is 334 g/mol. The highest BCUT2D eigenvalue weighted by atomic mass is 32.2. The first-order valence-corrected chi connectivity index (χ1v) is 9.91. The molecular formula is C17H26N4OS. The Hall–Kier alpha value is -1.30. The summed E-state index contributed by atoms with van der Waals surface area (Å²) in [7, 11) is 0. The third-order valence-electron chi connectivity index (χ3n) is 5.07. The van der Waals surface area contributed by atoms with Crippen LogP contribution < -0.4 is 10.2 Å². The molecule has 1 saturated heterocycles. The van der Waals surface area contributed by atoms with Crippen LogP contribution in [-0.4, -0.2) is 46.5 Å². The molecule has 2 atom stereocenters. The minimum atomic E-state index is 0.146. The summed E-state index contributed by atoms with van der Waals surface area (Å²) in [6.45, 7) is 1.76. The first-order chi connectivity index (χ1) is 11.3. The summed E-state index contributed by atoms with van der Waals surface area (Å²) in [6.07, 6.45) is 14.1. The van der Waals surface area contributed by atoms with Crippen LogP contribution in [0.1, 0.15) is 38.5 Å². The molecule has 0 bridgehead atoms. The van der Waals surface area contributed by atoms with Crippen molar-refractivity contribution < 1.29 is 4.79 Å². The fraction of sp³-hybridized carbons (Fsp3) is 0.706. The number of piperidine rings is 1. The minimum Gasteiger partial charge on any atom is -0.355 e. The zero-order valence-electron chi connectivity index (χ0n) is 13.8. The summed E-state index contributed by atoms with van der Waals surface area (Å²) < 4.78 is 0. The normalized spacial score (nSPS) is 26.0. The van der Waals surface area contributed by atoms with Crippen molar-refractivity contribution >= 4 is 23.5 Å². The van der Waals surface area contributed by atoms with Gasteiger partial charge in [0.05, 0.1) is 6.20 Å². The van der Waals surface area contributed by atoms with Crippen LogP contribution in [0.5, 0.6) is 0 Å². The van der Waals surface area contributed by atoms with E-state index in [1.54, 1.807) is 18.6 Å². The van der Waals surface area contributed by atoms with Gasteiger partial charge in [0.1, 0.15) is 5.82 Å². The topological polar surface area (TPSA) is 58.1 Å². The van der Waals surface area contributed by atoms with Crippen LogP contribution in [0.4, 0.5) is 5.82 Å². The van der Waals surface area contributed by atoms with Gasteiger partial charge in [-0.1, -0.05) is 12.8 Å². The molecule has 0 radical (unpaired) electrons. The Balaban J connectivity index is 1.50. The van der Waals surface area contributed by atoms with Crippen molar-refractivity contribution in [3.05, 3.63) is 18.6 Å². The molecule has 2 fully saturated rings. The van der Waals surface area contributed by atoms with Gasteiger partial charge >= 0.3 is 0 Å². The van der Waals surface area contributed by atoms with E-state index in [4.69, 9.17) is 0 Å². The molecule has 1 aliphatic heterocycles. The van der Waals surface area contributed by atoms with Crippen LogP contribution >= 0.6 is 11.8 Å². The van der Waals surface area contributed by atoms with Gasteiger partial charge < -0.3 is 10.2 Å². The maximum Gasteiger partial charge on any atom is 0.223 e. The number of rotatable bonds is 4. The summed E-state index contributed by atoms with van der Waals surface area (Å²) in [5.41, 5.74) is 0. The molecule has 1 aromatic heterocycles. The molecule has 0 spiro atoms. The van der Waals surface area contributed by atoms with Crippen molar-refractivity contribution in [1.82, 2.24) is 15.3 Å². The summed E-state index contributed by atoms with van der Waals surface area (Å²) in [4.78, 5) is 23.3. The summed E-state index contributed by atoms with van der Waals surface area (Å²) in [5, 5.41) is 3.93. The van der Waals surface area contributed by atoms with Crippen LogP contribution in [0, 0.1) is 5.92 Å². The van der Waals surface area contributed by atoms with Crippen molar-refractivity contribution in [2.24, 2.45) is 5.92 Å². The number of hydrogen-bond acceptors (Lipinski definition) is 5. The Kier molecular flexibility index (Phi) is 5.75. The summed E-state index contributed by atoms with van der Waals surface area (Å²) >= 11 is 1.90. The first kappa shape index (κ1) is 16.6. The van der Waals surface area contributed by atoms with E-state index in [2.05, 4.69) is 26.4 Å². The Bertz CT molecular complexity index is 505. The third-order valence-corrected chi connectivity index (χ3v) is 6.24. The lowest BCUT2D eigenvalue weighted by Gasteiger charge is -2.35. The number of carbonyl (C=O) groups is 1. The molecule has 6 heteroatoms. The molecule has 1 aliphatic carbocycles. The van der Waals surface area contributed by atoms with Gasteiger partial charge in [-0.3, -0.25) is 9.78 Å². The quantitative estimate of drug-likeness (QED) is 0.917. The van der Waals surface area contributed by atoms with Gasteiger partial charge in [0.25, 0.3) is 0 Å². The van der Waals surface area contributed by atoms with E-state index in [0.29, 0.717) is 11.3 Å². The fourth-order valence-electron chi connectivity index (χ4n) is 3.67. The van der Waals surface area contributed by atoms with E-state index in [-0.39, 0.29) is 11.8 Å². The second-order valence-electron chi connectivity index (χ2n) is 6.50. The first-order valence-electron chi connectivity index (χ1n) is 8.62. The number of thioether (sulfide) groups is 1. The van der Waals surface area contributed by atoms with Gasteiger partial charge in [-0.25, -0.2) is 4.98 Å². The average Bonchev–Trinajstić information content (AvgIpc) is 2.63. The van der Waals surface area contributed by atoms with Crippen LogP contribution in [-0.2, 0) is 4.79 Å². The molecule has 2 heterocycles. The number of aromatic nitrogens is 2. The largest absolute Gasteiger partial charge is 0.355 e. The van der Waals surface area contributed by atoms with Crippen LogP contribution in [0.15, 0.2) is 18.6 Å². The van der Waals surface area contributed by atoms with Crippen molar-refractivity contribution in [3.8, 4) is 0 Å². The fourth-order valence-corrected chi connectivity index (χ4v) is 4.60. The maximum absolute atomic E-state index is 12.6. The number of nitrogens with one attached hydrogen (secondary N) is 1. The van der Waals surface area contributed by atoms with Crippen molar-refractivity contribution in [1.29, 1.82) is 0 Å². The lowest BCUT2D eigenvalue weighted by molar-refractivity contribution is -0.126. The molecule has 0 aromatic carbocycles. The van der Waals surface area contributed by atoms with E-state index < -0.39 is 0 Å². The smallest absolute Gasteiger partial charge is 0.223 e. The number of carbonyl (C=O) groups excluding carboxylic acids is 1. The molecule has 1 aromatic rings. The van der Waals surface area contributed by atoms with Gasteiger partial charge in [-0.05, 0) is 31.9 Å². The Labute approximate surface area is 142 Å². The zero-order chi connectivity index (χ0) is 16.1. The molecule has 2 aliphatic rings. The Morgan fingerprint density at radius 3 is 2.70 bits per heavy atom. The molecule has 0 unspecified atom stereocenters. The second kappa shape index (κ2) is 7.99. The van der Waals surface area contributed by atoms with E-state index in [1.807, 2.05) is 11.8 Å². The van der Waals surface area contributed by atoms with Gasteiger partial charge in [0.2, 0.25) is 5.91 Å². The van der Waals surface area contributed by atoms with E-state index in [1.165, 1.54) is 19.3 Å². The van der Waals surface area contributed by atoms with Crippen molar-refractivity contribution in [3.63, 3.8) is 0 Å². The molecule has 1 N–H and O–H groups in total. The number of nitrogens with zero attached hydrogens (tertiary/aromatic N) is 3. The number of amides is 1. The van der Waals surface area contributed by atoms with Crippen LogP contribution in [0.2, 0.25) is 0 Å². The highest BCUT2D eigenvalue weighted by molar-refractivity contribution is 7.99. The van der Waals surface area contributed by atoms with E-state index >= 15 is 0 Å². The third kappa shape index (κ3) is 4.16. The Morgan fingerprint density at radius 1 is 1.22 bits per heavy atom. The molecule has 1 saturated carbocycles. The summed E-state index contributed by atoms with van der Waals surface area (Å²) in [5.74, 6) is 1.32. The Morgan fingerprint density at radius 2 is 2.00 bits per heavy atom. The van der Waals surface area contributed by atoms with Gasteiger partial charge in [-0.15, -0.1) is 0 Å². The van der Waals surface area contributed by atoms with Crippen molar-refractivity contribution in [2.45, 2.75) is 49.8 Å². The molecule has 3 rings (SSSR count). The molecule has 23 heavy (non-hydrogen) atoms. The number of hydrogen-bond donors (Lipinski definition) is 1. The zero-order valence-corrected chi connectivity index (χ0v) is 14.6. The number of anilines is 1. The van der Waals surface area contributed by atoms with E-state index in [9.17, 15) is 4.79 Å². The predicted octanol–water partition coefficient (Wildman–Crippen LogP) is 2.48.